The van der Waals surface area contributed by atoms with Gasteiger partial charge in [0, 0.05) is 23.8 Å². The Morgan fingerprint density at radius 1 is 1.18 bits per heavy atom. The van der Waals surface area contributed by atoms with Crippen LogP contribution >= 0.6 is 11.8 Å². The zero-order chi connectivity index (χ0) is 22.5. The number of carbonyl (C=O) groups excluding carboxylic acids is 1. The second-order valence-corrected chi connectivity index (χ2v) is 8.90. The Kier molecular flexibility index (Phi) is 4.79. The molecule has 0 bridgehead atoms. The number of Topliss-reactive ketones (excluding diaryl/α,β-unsaturated/α-hetero) is 1. The molecule has 4 heterocycles. The summed E-state index contributed by atoms with van der Waals surface area (Å²) in [7, 11) is 0. The number of hydrogen-bond donors (Lipinski definition) is 2. The molecule has 2 unspecified atom stereocenters. The fourth-order valence-corrected chi connectivity index (χ4v) is 5.30. The Bertz CT molecular complexity index is 1390. The molecular weight excluding hydrogens is 452 g/mol. The van der Waals surface area contributed by atoms with E-state index in [0.29, 0.717) is 39.3 Å². The predicted octanol–water partition coefficient (Wildman–Crippen LogP) is 5.22. The minimum absolute atomic E-state index is 0.0563. The molecule has 6 rings (SSSR count). The van der Waals surface area contributed by atoms with Crippen molar-refractivity contribution in [1.82, 2.24) is 20.2 Å². The van der Waals surface area contributed by atoms with Gasteiger partial charge >= 0.3 is 6.61 Å². The van der Waals surface area contributed by atoms with Gasteiger partial charge in [-0.05, 0) is 48.9 Å². The number of halogens is 2. The van der Waals surface area contributed by atoms with E-state index in [4.69, 9.17) is 4.42 Å². The molecule has 2 atom stereocenters. The van der Waals surface area contributed by atoms with Gasteiger partial charge in [-0.25, -0.2) is 9.98 Å². The largest absolute Gasteiger partial charge is 0.454 e. The molecule has 33 heavy (non-hydrogen) atoms. The number of carbonyl (C=O) groups is 1. The number of H-pyrrole nitrogens is 2. The van der Waals surface area contributed by atoms with Crippen molar-refractivity contribution in [3.8, 4) is 5.75 Å². The summed E-state index contributed by atoms with van der Waals surface area (Å²) < 4.78 is 35.5. The Morgan fingerprint density at radius 2 is 2.09 bits per heavy atom. The monoisotopic (exact) mass is 469 g/mol. The molecule has 1 aromatic carbocycles. The van der Waals surface area contributed by atoms with E-state index < -0.39 is 6.61 Å². The zero-order valence-electron chi connectivity index (χ0n) is 17.0. The highest BCUT2D eigenvalue weighted by molar-refractivity contribution is 7.99. The molecule has 0 amide bonds. The molecule has 1 aliphatic heterocycles. The van der Waals surface area contributed by atoms with Crippen LogP contribution in [0.15, 0.2) is 56.2 Å². The van der Waals surface area contributed by atoms with Gasteiger partial charge in [0.15, 0.2) is 16.1 Å². The molecule has 4 aromatic rings. The molecule has 11 heteroatoms. The van der Waals surface area contributed by atoms with Crippen molar-refractivity contribution in [2.24, 2.45) is 10.9 Å². The first-order valence-electron chi connectivity index (χ1n) is 10.4. The van der Waals surface area contributed by atoms with Gasteiger partial charge in [0.25, 0.3) is 0 Å². The molecule has 2 aliphatic rings. The van der Waals surface area contributed by atoms with E-state index in [2.05, 4.69) is 29.9 Å². The van der Waals surface area contributed by atoms with Gasteiger partial charge in [-0.2, -0.15) is 13.9 Å². The molecule has 1 fully saturated rings. The minimum atomic E-state index is -2.89. The van der Waals surface area contributed by atoms with E-state index >= 15 is 0 Å². The highest BCUT2D eigenvalue weighted by atomic mass is 32.2. The second kappa shape index (κ2) is 7.84. The number of rotatable bonds is 5. The summed E-state index contributed by atoms with van der Waals surface area (Å²) >= 11 is 1.27. The lowest BCUT2D eigenvalue weighted by Crippen LogP contribution is -2.36. The third kappa shape index (κ3) is 3.62. The van der Waals surface area contributed by atoms with Crippen LogP contribution in [-0.2, 0) is 4.79 Å². The van der Waals surface area contributed by atoms with E-state index in [0.717, 1.165) is 24.1 Å². The fraction of sp³-hybridized carbons (Fsp3) is 0.273. The number of nitrogens with one attached hydrogen (secondary N) is 2. The smallest absolute Gasteiger partial charge is 0.387 e. The number of imidazole rings is 1. The molecule has 0 saturated heterocycles. The van der Waals surface area contributed by atoms with Crippen LogP contribution in [0.4, 0.5) is 14.6 Å². The van der Waals surface area contributed by atoms with Crippen molar-refractivity contribution in [2.45, 2.75) is 42.0 Å². The maximum Gasteiger partial charge on any atom is 0.387 e. The van der Waals surface area contributed by atoms with Gasteiger partial charge in [0.1, 0.15) is 17.3 Å². The summed E-state index contributed by atoms with van der Waals surface area (Å²) in [6.07, 6.45) is 3.82. The minimum Gasteiger partial charge on any atom is -0.454 e. The van der Waals surface area contributed by atoms with Crippen LogP contribution in [0.1, 0.15) is 36.5 Å². The molecule has 168 valence electrons. The van der Waals surface area contributed by atoms with Crippen molar-refractivity contribution in [2.75, 3.05) is 0 Å². The van der Waals surface area contributed by atoms with E-state index in [1.165, 1.54) is 23.9 Å². The lowest BCUT2D eigenvalue weighted by Gasteiger charge is -2.32. The molecular formula is C22H17F2N5O3S. The number of furan rings is 1. The van der Waals surface area contributed by atoms with E-state index in [-0.39, 0.29) is 23.4 Å². The van der Waals surface area contributed by atoms with Gasteiger partial charge in [-0.1, -0.05) is 0 Å². The van der Waals surface area contributed by atoms with Crippen molar-refractivity contribution in [3.05, 3.63) is 47.9 Å². The third-order valence-corrected chi connectivity index (χ3v) is 6.70. The van der Waals surface area contributed by atoms with Gasteiger partial charge in [0.2, 0.25) is 0 Å². The Hall–Kier alpha value is -3.47. The number of aliphatic imine (C=N–C) groups is 1. The first-order chi connectivity index (χ1) is 16.0. The maximum atomic E-state index is 12.8. The first-order valence-corrected chi connectivity index (χ1v) is 11.2. The number of aromatic nitrogens is 4. The third-order valence-electron chi connectivity index (χ3n) is 5.90. The Balaban J connectivity index is 1.29. The number of nitrogens with zero attached hydrogens (tertiary/aromatic N) is 3. The van der Waals surface area contributed by atoms with Crippen molar-refractivity contribution >= 4 is 40.1 Å². The topological polar surface area (TPSA) is 109 Å². The van der Waals surface area contributed by atoms with Gasteiger partial charge in [0.05, 0.1) is 29.1 Å². The molecule has 1 saturated carbocycles. The van der Waals surface area contributed by atoms with Crippen LogP contribution in [0, 0.1) is 5.92 Å². The summed E-state index contributed by atoms with van der Waals surface area (Å²) in [6, 6.07) is 8.23. The van der Waals surface area contributed by atoms with Crippen LogP contribution in [0.3, 0.4) is 0 Å². The highest BCUT2D eigenvalue weighted by Crippen LogP contribution is 2.46. The lowest BCUT2D eigenvalue weighted by atomic mass is 9.72. The van der Waals surface area contributed by atoms with Gasteiger partial charge in [-0.3, -0.25) is 9.89 Å². The van der Waals surface area contributed by atoms with Crippen molar-refractivity contribution in [1.29, 1.82) is 0 Å². The van der Waals surface area contributed by atoms with Gasteiger partial charge < -0.3 is 14.1 Å². The summed E-state index contributed by atoms with van der Waals surface area (Å²) in [5.41, 5.74) is 2.92. The summed E-state index contributed by atoms with van der Waals surface area (Å²) in [4.78, 5) is 25.0. The lowest BCUT2D eigenvalue weighted by molar-refractivity contribution is -0.122. The maximum absolute atomic E-state index is 12.8. The molecule has 0 spiro atoms. The summed E-state index contributed by atoms with van der Waals surface area (Å²) in [5, 5.41) is 8.17. The quantitative estimate of drug-likeness (QED) is 0.415. The van der Waals surface area contributed by atoms with Crippen LogP contribution in [0.25, 0.3) is 11.0 Å². The van der Waals surface area contributed by atoms with Crippen LogP contribution in [0.5, 0.6) is 5.75 Å². The standard InChI is InChI=1S/C22H17F2N5O3S/c23-21(24)31-10-4-5-12-14(8-10)28-22(27-12)33-17-7-6-16(32-17)18-11-9-25-29-20(11)26-13-2-1-3-15(30)19(13)18/h4-9,18-19,21H,1-3H2,(H,25,29)(H,27,28). The van der Waals surface area contributed by atoms with Crippen molar-refractivity contribution < 1.29 is 22.7 Å². The number of fused-ring (bicyclic) bond motifs is 3. The number of alkyl halides is 2. The molecule has 2 N–H and O–H groups in total. The first kappa shape index (κ1) is 20.2. The Morgan fingerprint density at radius 3 is 2.97 bits per heavy atom. The molecule has 3 aromatic heterocycles. The van der Waals surface area contributed by atoms with E-state index in [9.17, 15) is 13.6 Å². The average molecular weight is 469 g/mol. The molecule has 1 aliphatic carbocycles. The SMILES string of the molecule is O=C1CCCC2=Nc3[nH]ncc3C(c3ccc(Sc4nc5ccc(OC(F)F)cc5[nH]4)o3)C12. The number of hydrogen-bond acceptors (Lipinski definition) is 7. The van der Waals surface area contributed by atoms with Crippen LogP contribution in [-0.4, -0.2) is 38.3 Å². The predicted molar refractivity (Wildman–Crippen MR) is 115 cm³/mol. The highest BCUT2D eigenvalue weighted by Gasteiger charge is 2.42. The average Bonchev–Trinajstić information content (AvgIpc) is 3.51. The summed E-state index contributed by atoms with van der Waals surface area (Å²) in [5.74, 6) is 0.940. The number of ketones is 1. The van der Waals surface area contributed by atoms with Gasteiger partial charge in [-0.15, -0.1) is 0 Å². The summed E-state index contributed by atoms with van der Waals surface area (Å²) in [6.45, 7) is -2.89. The number of aromatic amines is 2. The Labute approximate surface area is 189 Å². The second-order valence-electron chi connectivity index (χ2n) is 7.91. The van der Waals surface area contributed by atoms with Crippen molar-refractivity contribution in [3.63, 3.8) is 0 Å². The number of ether oxygens (including phenoxy) is 1. The fourth-order valence-electron chi connectivity index (χ4n) is 4.53. The normalized spacial score (nSPS) is 20.1. The van der Waals surface area contributed by atoms with E-state index in [1.54, 1.807) is 12.3 Å². The number of benzene rings is 1. The molecule has 8 nitrogen and oxygen atoms in total. The molecule has 0 radical (unpaired) electrons. The zero-order valence-corrected chi connectivity index (χ0v) is 17.9. The van der Waals surface area contributed by atoms with Crippen LogP contribution in [0.2, 0.25) is 0 Å². The van der Waals surface area contributed by atoms with Crippen LogP contribution < -0.4 is 4.74 Å². The van der Waals surface area contributed by atoms with E-state index in [1.807, 2.05) is 12.1 Å².